The number of nitriles is 1. The predicted molar refractivity (Wildman–Crippen MR) is 174 cm³/mol. The predicted octanol–water partition coefficient (Wildman–Crippen LogP) is 7.19. The number of nitrogens with zero attached hydrogens (tertiary/aromatic N) is 3. The maximum absolute atomic E-state index is 12.7. The van der Waals surface area contributed by atoms with Crippen LogP contribution in [0.15, 0.2) is 66.3 Å². The molecule has 2 N–H and O–H groups in total. The lowest BCUT2D eigenvalue weighted by molar-refractivity contribution is -0.137. The number of hydrogen-bond acceptors (Lipinski definition) is 5. The van der Waals surface area contributed by atoms with E-state index in [4.69, 9.17) is 5.11 Å². The molecule has 0 aliphatic carbocycles. The standard InChI is InChI=1S/C35H48N4O3/c1-38(2)31-21-16-28(17-22-31)33(29-18-23-32(24-19-29)39(3)4)25-20-30(27-36)35(42)37-26-14-12-10-8-6-5-7-9-11-13-15-34(40)41/h16-25H,5-15,26H2,1-4H3,(H,37,42)(H,40,41). The fourth-order valence-electron chi connectivity index (χ4n) is 4.68. The normalized spacial score (nSPS) is 11.0. The van der Waals surface area contributed by atoms with E-state index in [1.165, 1.54) is 19.3 Å². The minimum Gasteiger partial charge on any atom is -0.481 e. The number of allylic oxidation sites excluding steroid dienone is 2. The molecule has 0 aliphatic rings. The Labute approximate surface area is 252 Å². The Morgan fingerprint density at radius 1 is 0.714 bits per heavy atom. The van der Waals surface area contributed by atoms with E-state index in [9.17, 15) is 14.9 Å². The smallest absolute Gasteiger partial charge is 0.303 e. The lowest BCUT2D eigenvalue weighted by atomic mass is 9.96. The van der Waals surface area contributed by atoms with E-state index in [-0.39, 0.29) is 17.9 Å². The Hall–Kier alpha value is -4.05. The van der Waals surface area contributed by atoms with E-state index in [1.807, 2.05) is 44.1 Å². The van der Waals surface area contributed by atoms with Crippen LogP contribution in [0.25, 0.3) is 5.57 Å². The minimum atomic E-state index is -0.707. The van der Waals surface area contributed by atoms with Crippen molar-refractivity contribution in [2.45, 2.75) is 70.6 Å². The highest BCUT2D eigenvalue weighted by Gasteiger charge is 2.10. The second-order valence-electron chi connectivity index (χ2n) is 11.1. The Morgan fingerprint density at radius 3 is 1.55 bits per heavy atom. The van der Waals surface area contributed by atoms with Crippen LogP contribution < -0.4 is 15.1 Å². The summed E-state index contributed by atoms with van der Waals surface area (Å²) in [5, 5.41) is 21.3. The molecule has 0 unspecified atom stereocenters. The van der Waals surface area contributed by atoms with Crippen molar-refractivity contribution in [2.24, 2.45) is 0 Å². The molecule has 2 aromatic rings. The molecule has 0 heterocycles. The Morgan fingerprint density at radius 2 is 1.14 bits per heavy atom. The molecule has 0 atom stereocenters. The summed E-state index contributed by atoms with van der Waals surface area (Å²) in [4.78, 5) is 27.4. The zero-order chi connectivity index (χ0) is 30.7. The van der Waals surface area contributed by atoms with Crippen molar-refractivity contribution in [3.63, 3.8) is 0 Å². The van der Waals surface area contributed by atoms with Crippen LogP contribution in [0.1, 0.15) is 81.8 Å². The molecule has 2 aromatic carbocycles. The van der Waals surface area contributed by atoms with E-state index in [2.05, 4.69) is 59.9 Å². The van der Waals surface area contributed by atoms with Gasteiger partial charge in [-0.3, -0.25) is 9.59 Å². The monoisotopic (exact) mass is 572 g/mol. The number of carbonyl (C=O) groups is 2. The average Bonchev–Trinajstić information content (AvgIpc) is 2.97. The van der Waals surface area contributed by atoms with Crippen LogP contribution in [-0.2, 0) is 9.59 Å². The number of carboxylic acid groups (broad SMARTS) is 1. The van der Waals surface area contributed by atoms with Gasteiger partial charge in [-0.05, 0) is 59.9 Å². The zero-order valence-corrected chi connectivity index (χ0v) is 25.9. The lowest BCUT2D eigenvalue weighted by Gasteiger charge is -2.16. The van der Waals surface area contributed by atoms with Crippen molar-refractivity contribution in [3.8, 4) is 6.07 Å². The van der Waals surface area contributed by atoms with Gasteiger partial charge in [0.2, 0.25) is 0 Å². The van der Waals surface area contributed by atoms with Gasteiger partial charge in [-0.15, -0.1) is 0 Å². The highest BCUT2D eigenvalue weighted by molar-refractivity contribution is 5.98. The molecule has 7 heteroatoms. The summed E-state index contributed by atoms with van der Waals surface area (Å²) in [6.07, 6.45) is 14.4. The van der Waals surface area contributed by atoms with Crippen molar-refractivity contribution < 1.29 is 14.7 Å². The number of hydrogen-bond donors (Lipinski definition) is 2. The van der Waals surface area contributed by atoms with Gasteiger partial charge < -0.3 is 20.2 Å². The van der Waals surface area contributed by atoms with Crippen molar-refractivity contribution in [3.05, 3.63) is 77.4 Å². The second-order valence-corrected chi connectivity index (χ2v) is 11.1. The van der Waals surface area contributed by atoms with E-state index in [0.29, 0.717) is 6.54 Å². The molecule has 0 bridgehead atoms. The molecule has 0 spiro atoms. The number of carboxylic acids is 1. The number of amides is 1. The van der Waals surface area contributed by atoms with Gasteiger partial charge in [-0.25, -0.2) is 0 Å². The Balaban J connectivity index is 1.90. The van der Waals surface area contributed by atoms with Crippen LogP contribution in [0.2, 0.25) is 0 Å². The molecule has 0 aliphatic heterocycles. The number of nitrogens with one attached hydrogen (secondary N) is 1. The van der Waals surface area contributed by atoms with E-state index in [0.717, 1.165) is 73.0 Å². The van der Waals surface area contributed by atoms with Gasteiger partial charge in [-0.1, -0.05) is 81.7 Å². The highest BCUT2D eigenvalue weighted by atomic mass is 16.4. The van der Waals surface area contributed by atoms with Crippen LogP contribution in [0, 0.1) is 11.3 Å². The van der Waals surface area contributed by atoms with Crippen molar-refractivity contribution in [2.75, 3.05) is 44.5 Å². The Bertz CT molecular complexity index is 1150. The maximum atomic E-state index is 12.7. The van der Waals surface area contributed by atoms with Gasteiger partial charge in [0.1, 0.15) is 11.6 Å². The number of anilines is 2. The summed E-state index contributed by atoms with van der Waals surface area (Å²) in [7, 11) is 8.02. The summed E-state index contributed by atoms with van der Waals surface area (Å²) in [5.74, 6) is -1.05. The molecular formula is C35H48N4O3. The van der Waals surface area contributed by atoms with Gasteiger partial charge in [0.25, 0.3) is 5.91 Å². The molecule has 0 fully saturated rings. The SMILES string of the molecule is CN(C)c1ccc(C(=CC=C(C#N)C(=O)NCCCCCCCCCCCCC(=O)O)c2ccc(N(C)C)cc2)cc1. The van der Waals surface area contributed by atoms with Crippen LogP contribution >= 0.6 is 0 Å². The van der Waals surface area contributed by atoms with Gasteiger partial charge >= 0.3 is 5.97 Å². The summed E-state index contributed by atoms with van der Waals surface area (Å²) >= 11 is 0. The summed E-state index contributed by atoms with van der Waals surface area (Å²) < 4.78 is 0. The molecule has 0 aromatic heterocycles. The first-order valence-electron chi connectivity index (χ1n) is 15.1. The maximum Gasteiger partial charge on any atom is 0.303 e. The topological polar surface area (TPSA) is 96.7 Å². The van der Waals surface area contributed by atoms with Crippen molar-refractivity contribution >= 4 is 28.8 Å². The molecule has 7 nitrogen and oxygen atoms in total. The molecule has 0 saturated heterocycles. The molecule has 42 heavy (non-hydrogen) atoms. The number of benzene rings is 2. The number of unbranched alkanes of at least 4 members (excludes halogenated alkanes) is 9. The van der Waals surface area contributed by atoms with E-state index < -0.39 is 5.97 Å². The van der Waals surface area contributed by atoms with Gasteiger partial charge in [0, 0.05) is 52.5 Å². The van der Waals surface area contributed by atoms with E-state index in [1.54, 1.807) is 6.08 Å². The molecule has 1 amide bonds. The lowest BCUT2D eigenvalue weighted by Crippen LogP contribution is -2.25. The van der Waals surface area contributed by atoms with Gasteiger partial charge in [-0.2, -0.15) is 5.26 Å². The first-order chi connectivity index (χ1) is 20.2. The quantitative estimate of drug-likeness (QED) is 0.0800. The van der Waals surface area contributed by atoms with E-state index >= 15 is 0 Å². The van der Waals surface area contributed by atoms with Crippen LogP contribution in [0.3, 0.4) is 0 Å². The van der Waals surface area contributed by atoms with Crippen LogP contribution in [0.4, 0.5) is 11.4 Å². The van der Waals surface area contributed by atoms with Gasteiger partial charge in [0.05, 0.1) is 0 Å². The molecule has 0 radical (unpaired) electrons. The fourth-order valence-corrected chi connectivity index (χ4v) is 4.68. The molecule has 2 rings (SSSR count). The molecule has 0 saturated carbocycles. The summed E-state index contributed by atoms with van der Waals surface area (Å²) in [6.45, 7) is 0.552. The largest absolute Gasteiger partial charge is 0.481 e. The number of rotatable bonds is 19. The average molecular weight is 573 g/mol. The van der Waals surface area contributed by atoms with Crippen molar-refractivity contribution in [1.82, 2.24) is 5.32 Å². The Kier molecular flexibility index (Phi) is 15.6. The number of carbonyl (C=O) groups excluding carboxylic acids is 1. The van der Waals surface area contributed by atoms with Crippen LogP contribution in [0.5, 0.6) is 0 Å². The summed E-state index contributed by atoms with van der Waals surface area (Å²) in [6, 6.07) is 18.5. The molecular weight excluding hydrogens is 524 g/mol. The second kappa shape index (κ2) is 19.1. The van der Waals surface area contributed by atoms with Gasteiger partial charge in [0.15, 0.2) is 0 Å². The molecule has 226 valence electrons. The minimum absolute atomic E-state index is 0.0886. The van der Waals surface area contributed by atoms with Crippen molar-refractivity contribution in [1.29, 1.82) is 5.26 Å². The number of aliphatic carboxylic acids is 1. The third-order valence-corrected chi connectivity index (χ3v) is 7.27. The third kappa shape index (κ3) is 12.6. The third-order valence-electron chi connectivity index (χ3n) is 7.27. The van der Waals surface area contributed by atoms with Crippen LogP contribution in [-0.4, -0.2) is 51.7 Å². The zero-order valence-electron chi connectivity index (χ0n) is 25.9. The first-order valence-corrected chi connectivity index (χ1v) is 15.1. The fraction of sp³-hybridized carbons (Fsp3) is 0.457. The first kappa shape index (κ1) is 34.2. The highest BCUT2D eigenvalue weighted by Crippen LogP contribution is 2.27. The summed E-state index contributed by atoms with van der Waals surface area (Å²) in [5.41, 5.74) is 5.23.